The fourth-order valence-electron chi connectivity index (χ4n) is 6.41. The molecule has 0 saturated heterocycles. The van der Waals surface area contributed by atoms with Crippen molar-refractivity contribution in [1.29, 1.82) is 0 Å². The van der Waals surface area contributed by atoms with Gasteiger partial charge in [0.05, 0.1) is 22.1 Å². The predicted octanol–water partition coefficient (Wildman–Crippen LogP) is 5.04. The number of hydrogen-bond acceptors (Lipinski definition) is 6. The van der Waals surface area contributed by atoms with Crippen LogP contribution in [0.2, 0.25) is 5.02 Å². The lowest BCUT2D eigenvalue weighted by Gasteiger charge is -2.25. The molecule has 2 N–H and O–H groups in total. The molecule has 0 aliphatic carbocycles. The van der Waals surface area contributed by atoms with Crippen molar-refractivity contribution < 1.29 is 9.59 Å². The lowest BCUT2D eigenvalue weighted by atomic mass is 9.98. The van der Waals surface area contributed by atoms with Crippen molar-refractivity contribution in [3.8, 4) is 11.1 Å². The van der Waals surface area contributed by atoms with Gasteiger partial charge in [0.25, 0.3) is 11.8 Å². The van der Waals surface area contributed by atoms with Crippen LogP contribution >= 0.6 is 11.6 Å². The van der Waals surface area contributed by atoms with Crippen molar-refractivity contribution in [1.82, 2.24) is 28.9 Å². The van der Waals surface area contributed by atoms with Gasteiger partial charge in [0, 0.05) is 75.8 Å². The molecule has 0 atom stereocenters. The zero-order chi connectivity index (χ0) is 31.1. The van der Waals surface area contributed by atoms with Gasteiger partial charge in [0.1, 0.15) is 0 Å². The summed E-state index contributed by atoms with van der Waals surface area (Å²) >= 11 is 6.92. The number of carbonyl (C=O) groups is 2. The van der Waals surface area contributed by atoms with Gasteiger partial charge in [0.2, 0.25) is 0 Å². The van der Waals surface area contributed by atoms with Gasteiger partial charge in [-0.2, -0.15) is 0 Å². The molecule has 0 radical (unpaired) electrons. The van der Waals surface area contributed by atoms with Crippen LogP contribution in [0.1, 0.15) is 62.9 Å². The summed E-state index contributed by atoms with van der Waals surface area (Å²) in [6.07, 6.45) is 2.82. The van der Waals surface area contributed by atoms with E-state index in [1.165, 1.54) is 0 Å². The van der Waals surface area contributed by atoms with Gasteiger partial charge in [0.15, 0.2) is 11.6 Å². The number of carbonyl (C=O) groups excluding carboxylic acids is 2. The summed E-state index contributed by atoms with van der Waals surface area (Å²) in [7, 11) is 5.85. The Hall–Kier alpha value is -3.99. The van der Waals surface area contributed by atoms with Crippen LogP contribution in [0.5, 0.6) is 0 Å². The summed E-state index contributed by atoms with van der Waals surface area (Å²) in [6, 6.07) is 11.3. The van der Waals surface area contributed by atoms with E-state index in [1.807, 2.05) is 60.5 Å². The minimum atomic E-state index is -0.308. The molecule has 6 rings (SSSR count). The van der Waals surface area contributed by atoms with E-state index >= 15 is 0 Å². The van der Waals surface area contributed by atoms with E-state index in [4.69, 9.17) is 16.6 Å². The topological polar surface area (TPSA) is 100 Å². The summed E-state index contributed by atoms with van der Waals surface area (Å²) < 4.78 is 3.80. The first-order valence-corrected chi connectivity index (χ1v) is 15.5. The van der Waals surface area contributed by atoms with Crippen LogP contribution in [-0.4, -0.2) is 67.4 Å². The van der Waals surface area contributed by atoms with E-state index in [9.17, 15) is 9.59 Å². The van der Waals surface area contributed by atoms with E-state index in [0.29, 0.717) is 28.0 Å². The Morgan fingerprint density at radius 2 is 1.39 bits per heavy atom. The molecule has 4 heterocycles. The number of likely N-dealkylation sites (N-methyl/N-ethyl adjacent to an activating group) is 1. The van der Waals surface area contributed by atoms with E-state index in [2.05, 4.69) is 39.4 Å². The molecule has 2 aromatic carbocycles. The number of amides is 2. The predicted molar refractivity (Wildman–Crippen MR) is 173 cm³/mol. The van der Waals surface area contributed by atoms with Crippen LogP contribution in [0, 0.1) is 6.92 Å². The third kappa shape index (κ3) is 5.53. The molecule has 0 spiro atoms. The van der Waals surface area contributed by atoms with Crippen LogP contribution in [-0.2, 0) is 40.0 Å². The van der Waals surface area contributed by atoms with Gasteiger partial charge >= 0.3 is 0 Å². The molecule has 2 amide bonds. The van der Waals surface area contributed by atoms with Crippen LogP contribution in [0.15, 0.2) is 36.4 Å². The maximum atomic E-state index is 13.5. The maximum Gasteiger partial charge on any atom is 0.291 e. The fraction of sp³-hybridized carbons (Fsp3) is 0.394. The second kappa shape index (κ2) is 12.2. The molecular formula is C33H39ClN8O2. The molecule has 0 fully saturated rings. The molecule has 230 valence electrons. The first-order valence-electron chi connectivity index (χ1n) is 15.2. The van der Waals surface area contributed by atoms with E-state index in [-0.39, 0.29) is 11.8 Å². The van der Waals surface area contributed by atoms with Gasteiger partial charge in [-0.15, -0.1) is 0 Å². The number of nitrogens with zero attached hydrogens (tertiary/aromatic N) is 6. The minimum absolute atomic E-state index is 0.250. The summed E-state index contributed by atoms with van der Waals surface area (Å²) in [5, 5.41) is 6.47. The number of fused-ring (bicyclic) bond motifs is 2. The molecule has 2 aromatic heterocycles. The van der Waals surface area contributed by atoms with Gasteiger partial charge in [-0.05, 0) is 50.2 Å². The maximum absolute atomic E-state index is 13.5. The Morgan fingerprint density at radius 1 is 0.818 bits per heavy atom. The lowest BCUT2D eigenvalue weighted by molar-refractivity contribution is 0.100. The quantitative estimate of drug-likeness (QED) is 0.302. The van der Waals surface area contributed by atoms with E-state index < -0.39 is 0 Å². The highest BCUT2D eigenvalue weighted by Crippen LogP contribution is 2.38. The highest BCUT2D eigenvalue weighted by molar-refractivity contribution is 6.36. The molecular weight excluding hydrogens is 576 g/mol. The Bertz CT molecular complexity index is 1760. The number of benzene rings is 2. The Balaban J connectivity index is 1.23. The molecule has 4 aromatic rings. The highest BCUT2D eigenvalue weighted by Gasteiger charge is 2.27. The summed E-state index contributed by atoms with van der Waals surface area (Å²) in [5.41, 5.74) is 7.77. The molecule has 0 saturated carbocycles. The Morgan fingerprint density at radius 3 is 2.05 bits per heavy atom. The Kier molecular flexibility index (Phi) is 8.32. The number of hydrogen-bond donors (Lipinski definition) is 2. The van der Waals surface area contributed by atoms with Crippen molar-refractivity contribution >= 4 is 34.8 Å². The summed E-state index contributed by atoms with van der Waals surface area (Å²) in [6.45, 7) is 8.55. The number of imidazole rings is 2. The molecule has 0 bridgehead atoms. The smallest absolute Gasteiger partial charge is 0.291 e. The van der Waals surface area contributed by atoms with E-state index in [1.54, 1.807) is 6.07 Å². The average molecular weight is 615 g/mol. The van der Waals surface area contributed by atoms with Gasteiger partial charge in [-0.25, -0.2) is 9.97 Å². The number of halogens is 1. The van der Waals surface area contributed by atoms with Crippen molar-refractivity contribution in [2.75, 3.05) is 37.3 Å². The van der Waals surface area contributed by atoms with Gasteiger partial charge in [-0.1, -0.05) is 42.8 Å². The zero-order valence-electron chi connectivity index (χ0n) is 26.0. The van der Waals surface area contributed by atoms with Crippen molar-refractivity contribution in [2.24, 2.45) is 14.1 Å². The first kappa shape index (κ1) is 30.1. The van der Waals surface area contributed by atoms with E-state index in [0.717, 1.165) is 91.5 Å². The number of anilines is 2. The standard InChI is InChI=1S/C33H39ClN8O2/c1-6-15-42-17-14-28-26(19-42)36-30(41(28)5)32(43)37-23-11-7-9-21(20(23)2)22-10-8-12-24(29(22)34)38-33(44)31-35-25-18-39(3)16-13-27(25)40(31)4/h7-12H,6,13-19H2,1-5H3,(H,37,43)(H,38,44). The molecule has 0 unspecified atom stereocenters. The average Bonchev–Trinajstić information content (AvgIpc) is 3.51. The normalized spacial score (nSPS) is 15.1. The monoisotopic (exact) mass is 614 g/mol. The number of rotatable bonds is 7. The fourth-order valence-corrected chi connectivity index (χ4v) is 6.69. The van der Waals surface area contributed by atoms with Crippen molar-refractivity contribution in [3.05, 3.63) is 81.4 Å². The summed E-state index contributed by atoms with van der Waals surface area (Å²) in [5.74, 6) is 0.211. The second-order valence-corrected chi connectivity index (χ2v) is 12.2. The summed E-state index contributed by atoms with van der Waals surface area (Å²) in [4.78, 5) is 40.8. The SMILES string of the molecule is CCCN1CCc2c(nc(C(=O)Nc3cccc(-c4cccc(NC(=O)c5nc6c(n5C)CCN(C)C6)c4Cl)c3C)n2C)C1. The van der Waals surface area contributed by atoms with Gasteiger partial charge < -0.3 is 24.7 Å². The molecule has 2 aliphatic heterocycles. The largest absolute Gasteiger partial charge is 0.327 e. The zero-order valence-corrected chi connectivity index (χ0v) is 26.8. The highest BCUT2D eigenvalue weighted by atomic mass is 35.5. The molecule has 44 heavy (non-hydrogen) atoms. The Labute approximate surface area is 263 Å². The minimum Gasteiger partial charge on any atom is -0.327 e. The lowest BCUT2D eigenvalue weighted by Crippen LogP contribution is -2.31. The van der Waals surface area contributed by atoms with Crippen LogP contribution in [0.25, 0.3) is 11.1 Å². The number of aromatic nitrogens is 4. The van der Waals surface area contributed by atoms with Crippen molar-refractivity contribution in [3.63, 3.8) is 0 Å². The van der Waals surface area contributed by atoms with Gasteiger partial charge in [-0.3, -0.25) is 14.5 Å². The third-order valence-corrected chi connectivity index (χ3v) is 9.25. The third-order valence-electron chi connectivity index (χ3n) is 8.85. The van der Waals surface area contributed by atoms with Crippen LogP contribution in [0.4, 0.5) is 11.4 Å². The van der Waals surface area contributed by atoms with Crippen LogP contribution in [0.3, 0.4) is 0 Å². The second-order valence-electron chi connectivity index (χ2n) is 11.8. The molecule has 10 nitrogen and oxygen atoms in total. The van der Waals surface area contributed by atoms with Crippen LogP contribution < -0.4 is 10.6 Å². The van der Waals surface area contributed by atoms with Crippen molar-refractivity contribution in [2.45, 2.75) is 46.2 Å². The first-order chi connectivity index (χ1) is 21.2. The number of nitrogens with one attached hydrogen (secondary N) is 2. The molecule has 2 aliphatic rings. The molecule has 11 heteroatoms.